The molecule has 0 saturated heterocycles. The Balaban J connectivity index is 2.62. The number of aliphatic hydroxyl groups excluding tert-OH is 1. The van der Waals surface area contributed by atoms with Crippen molar-refractivity contribution in [3.8, 4) is 0 Å². The third kappa shape index (κ3) is 4.51. The van der Waals surface area contributed by atoms with E-state index in [0.29, 0.717) is 0 Å². The first-order chi connectivity index (χ1) is 8.08. The van der Waals surface area contributed by atoms with Crippen LogP contribution in [0, 0.1) is 0 Å². The molecule has 3 atom stereocenters. The highest BCUT2D eigenvalue weighted by atomic mass is 35.5. The van der Waals surface area contributed by atoms with Gasteiger partial charge in [0.2, 0.25) is 0 Å². The molecule has 17 heavy (non-hydrogen) atoms. The first-order valence-electron chi connectivity index (χ1n) is 5.73. The van der Waals surface area contributed by atoms with Gasteiger partial charge in [0.1, 0.15) is 0 Å². The molecular weight excluding hydrogens is 254 g/mol. The Bertz CT molecular complexity index is 344. The number of halogens is 1. The zero-order valence-electron chi connectivity index (χ0n) is 10.5. The lowest BCUT2D eigenvalue weighted by molar-refractivity contribution is 0.272. The summed E-state index contributed by atoms with van der Waals surface area (Å²) < 4.78 is 0. The minimum Gasteiger partial charge on any atom is -0.395 e. The zero-order chi connectivity index (χ0) is 12.8. The van der Waals surface area contributed by atoms with Crippen molar-refractivity contribution in [3.05, 3.63) is 34.9 Å². The van der Waals surface area contributed by atoms with Crippen LogP contribution in [0.1, 0.15) is 25.5 Å². The maximum Gasteiger partial charge on any atom is 0.0564 e. The lowest BCUT2D eigenvalue weighted by Gasteiger charge is -2.25. The molecule has 0 bridgehead atoms. The number of hydrogen-bond acceptors (Lipinski definition) is 3. The Kier molecular flexibility index (Phi) is 6.34. The van der Waals surface area contributed by atoms with E-state index in [0.717, 1.165) is 5.02 Å². The number of hydrogen-bond donors (Lipinski definition) is 2. The fraction of sp³-hybridized carbons (Fsp3) is 0.538. The van der Waals surface area contributed by atoms with E-state index < -0.39 is 0 Å². The fourth-order valence-corrected chi connectivity index (χ4v) is 2.65. The van der Waals surface area contributed by atoms with E-state index in [-0.39, 0.29) is 23.9 Å². The summed E-state index contributed by atoms with van der Waals surface area (Å²) in [7, 11) is 0. The molecule has 0 aliphatic rings. The summed E-state index contributed by atoms with van der Waals surface area (Å²) in [6.45, 7) is 4.40. The standard InChI is InChI=1S/C13H20ClNOS/c1-9(11-5-4-6-12(14)7-11)15-10(2)13(8-16)17-3/h4-7,9-10,13,15-16H,8H2,1-3H3. The van der Waals surface area contributed by atoms with Gasteiger partial charge < -0.3 is 10.4 Å². The predicted molar refractivity (Wildman–Crippen MR) is 76.9 cm³/mol. The maximum absolute atomic E-state index is 9.24. The lowest BCUT2D eigenvalue weighted by atomic mass is 10.1. The van der Waals surface area contributed by atoms with Crippen molar-refractivity contribution in [2.24, 2.45) is 0 Å². The SMILES string of the molecule is CSC(CO)C(C)NC(C)c1cccc(Cl)c1. The van der Waals surface area contributed by atoms with Crippen molar-refractivity contribution in [1.82, 2.24) is 5.32 Å². The van der Waals surface area contributed by atoms with Gasteiger partial charge in [0.05, 0.1) is 6.61 Å². The quantitative estimate of drug-likeness (QED) is 0.835. The maximum atomic E-state index is 9.24. The van der Waals surface area contributed by atoms with Gasteiger partial charge in [-0.3, -0.25) is 0 Å². The molecule has 0 spiro atoms. The lowest BCUT2D eigenvalue weighted by Crippen LogP contribution is -2.38. The summed E-state index contributed by atoms with van der Waals surface area (Å²) in [5, 5.41) is 13.7. The monoisotopic (exact) mass is 273 g/mol. The summed E-state index contributed by atoms with van der Waals surface area (Å²) in [6.07, 6.45) is 2.02. The van der Waals surface area contributed by atoms with Crippen molar-refractivity contribution >= 4 is 23.4 Å². The van der Waals surface area contributed by atoms with Gasteiger partial charge in [-0.1, -0.05) is 23.7 Å². The molecule has 2 N–H and O–H groups in total. The van der Waals surface area contributed by atoms with E-state index in [1.807, 2.05) is 24.5 Å². The molecular formula is C13H20ClNOS. The van der Waals surface area contributed by atoms with Gasteiger partial charge in [-0.05, 0) is 37.8 Å². The molecule has 0 heterocycles. The van der Waals surface area contributed by atoms with Crippen LogP contribution < -0.4 is 5.32 Å². The van der Waals surface area contributed by atoms with Gasteiger partial charge in [-0.25, -0.2) is 0 Å². The zero-order valence-corrected chi connectivity index (χ0v) is 12.1. The Labute approximate surface area is 113 Å². The average molecular weight is 274 g/mol. The predicted octanol–water partition coefficient (Wildman–Crippen LogP) is 3.10. The van der Waals surface area contributed by atoms with Crippen molar-refractivity contribution < 1.29 is 5.11 Å². The molecule has 0 fully saturated rings. The van der Waals surface area contributed by atoms with Gasteiger partial charge in [0.25, 0.3) is 0 Å². The van der Waals surface area contributed by atoms with Crippen LogP contribution >= 0.6 is 23.4 Å². The molecule has 0 aromatic heterocycles. The van der Waals surface area contributed by atoms with E-state index in [9.17, 15) is 5.11 Å². The smallest absolute Gasteiger partial charge is 0.0564 e. The minimum atomic E-state index is 0.192. The van der Waals surface area contributed by atoms with E-state index in [1.165, 1.54) is 5.56 Å². The highest BCUT2D eigenvalue weighted by Gasteiger charge is 2.17. The van der Waals surface area contributed by atoms with Gasteiger partial charge in [-0.15, -0.1) is 0 Å². The highest BCUT2D eigenvalue weighted by molar-refractivity contribution is 7.99. The molecule has 1 aromatic carbocycles. The third-order valence-electron chi connectivity index (χ3n) is 2.90. The molecule has 3 unspecified atom stereocenters. The molecule has 2 nitrogen and oxygen atoms in total. The molecule has 1 rings (SSSR count). The van der Waals surface area contributed by atoms with Crippen LogP contribution in [0.25, 0.3) is 0 Å². The normalized spacial score (nSPS) is 16.5. The summed E-state index contributed by atoms with van der Waals surface area (Å²) in [6, 6.07) is 8.34. The minimum absolute atomic E-state index is 0.192. The van der Waals surface area contributed by atoms with Crippen molar-refractivity contribution in [2.45, 2.75) is 31.2 Å². The second kappa shape index (κ2) is 7.27. The van der Waals surface area contributed by atoms with Crippen LogP contribution in [0.15, 0.2) is 24.3 Å². The molecule has 0 radical (unpaired) electrons. The molecule has 0 amide bonds. The second-order valence-corrected chi connectivity index (χ2v) is 5.70. The molecule has 1 aromatic rings. The summed E-state index contributed by atoms with van der Waals surface area (Å²) in [5.41, 5.74) is 1.17. The Hall–Kier alpha value is -0.220. The number of thioether (sulfide) groups is 1. The Morgan fingerprint density at radius 2 is 2.12 bits per heavy atom. The van der Waals surface area contributed by atoms with Crippen LogP contribution in [0.5, 0.6) is 0 Å². The molecule has 0 aliphatic heterocycles. The van der Waals surface area contributed by atoms with Crippen molar-refractivity contribution in [3.63, 3.8) is 0 Å². The fourth-order valence-electron chi connectivity index (χ4n) is 1.81. The summed E-state index contributed by atoms with van der Waals surface area (Å²) >= 11 is 7.65. The Morgan fingerprint density at radius 3 is 2.65 bits per heavy atom. The van der Waals surface area contributed by atoms with E-state index in [1.54, 1.807) is 11.8 Å². The van der Waals surface area contributed by atoms with Gasteiger partial charge in [0.15, 0.2) is 0 Å². The van der Waals surface area contributed by atoms with Gasteiger partial charge in [-0.2, -0.15) is 11.8 Å². The molecule has 4 heteroatoms. The van der Waals surface area contributed by atoms with Crippen LogP contribution in [-0.2, 0) is 0 Å². The van der Waals surface area contributed by atoms with Crippen LogP contribution in [0.4, 0.5) is 0 Å². The average Bonchev–Trinajstić information content (AvgIpc) is 2.30. The van der Waals surface area contributed by atoms with Gasteiger partial charge in [0, 0.05) is 22.4 Å². The largest absolute Gasteiger partial charge is 0.395 e. The number of nitrogens with one attached hydrogen (secondary N) is 1. The van der Waals surface area contributed by atoms with Crippen LogP contribution in [0.3, 0.4) is 0 Å². The summed E-state index contributed by atoms with van der Waals surface area (Å²) in [4.78, 5) is 0. The van der Waals surface area contributed by atoms with E-state index in [2.05, 4.69) is 25.2 Å². The topological polar surface area (TPSA) is 32.3 Å². The van der Waals surface area contributed by atoms with Crippen molar-refractivity contribution in [1.29, 1.82) is 0 Å². The molecule has 96 valence electrons. The second-order valence-electron chi connectivity index (χ2n) is 4.19. The number of rotatable bonds is 6. The van der Waals surface area contributed by atoms with E-state index in [4.69, 9.17) is 11.6 Å². The first-order valence-corrected chi connectivity index (χ1v) is 7.40. The van der Waals surface area contributed by atoms with Crippen LogP contribution in [-0.4, -0.2) is 29.3 Å². The molecule has 0 aliphatic carbocycles. The Morgan fingerprint density at radius 1 is 1.41 bits per heavy atom. The van der Waals surface area contributed by atoms with E-state index >= 15 is 0 Å². The molecule has 0 saturated carbocycles. The number of aliphatic hydroxyl groups is 1. The highest BCUT2D eigenvalue weighted by Crippen LogP contribution is 2.19. The van der Waals surface area contributed by atoms with Crippen LogP contribution in [0.2, 0.25) is 5.02 Å². The first kappa shape index (κ1) is 14.8. The third-order valence-corrected chi connectivity index (χ3v) is 4.30. The van der Waals surface area contributed by atoms with Crippen molar-refractivity contribution in [2.75, 3.05) is 12.9 Å². The number of benzene rings is 1. The summed E-state index contributed by atoms with van der Waals surface area (Å²) in [5.74, 6) is 0. The van der Waals surface area contributed by atoms with Gasteiger partial charge >= 0.3 is 0 Å².